The summed E-state index contributed by atoms with van der Waals surface area (Å²) in [6, 6.07) is 4.57. The highest BCUT2D eigenvalue weighted by molar-refractivity contribution is 8.16. The van der Waals surface area contributed by atoms with E-state index < -0.39 is 0 Å². The molecule has 2 saturated carbocycles. The lowest BCUT2D eigenvalue weighted by Crippen LogP contribution is -2.34. The largest absolute Gasteiger partial charge is 0.353 e. The van der Waals surface area contributed by atoms with Gasteiger partial charge in [-0.15, -0.1) is 11.3 Å². The fourth-order valence-electron chi connectivity index (χ4n) is 4.19. The van der Waals surface area contributed by atoms with Crippen LogP contribution in [-0.4, -0.2) is 34.1 Å². The maximum atomic E-state index is 12.3. The number of carbonyl (C=O) groups excluding carboxylic acids is 1. The number of carbonyl (C=O) groups is 1. The van der Waals surface area contributed by atoms with Gasteiger partial charge in [0.2, 0.25) is 5.91 Å². The highest BCUT2D eigenvalue weighted by Crippen LogP contribution is 2.38. The van der Waals surface area contributed by atoms with Crippen molar-refractivity contribution in [2.75, 3.05) is 5.75 Å². The number of thiophene rings is 1. The first kappa shape index (κ1) is 18.2. The third-order valence-corrected chi connectivity index (χ3v) is 7.39. The normalized spacial score (nSPS) is 22.9. The van der Waals surface area contributed by atoms with Gasteiger partial charge in [-0.3, -0.25) is 9.79 Å². The highest BCUT2D eigenvalue weighted by atomic mass is 32.2. The molecule has 140 valence electrons. The number of amides is 1. The molecule has 1 N–H and O–H groups in total. The van der Waals surface area contributed by atoms with Gasteiger partial charge in [-0.1, -0.05) is 43.5 Å². The van der Waals surface area contributed by atoms with E-state index in [1.807, 2.05) is 0 Å². The summed E-state index contributed by atoms with van der Waals surface area (Å²) in [6.45, 7) is 0. The summed E-state index contributed by atoms with van der Waals surface area (Å²) in [4.78, 5) is 23.7. The second-order valence-corrected chi connectivity index (χ2v) is 9.50. The Morgan fingerprint density at radius 1 is 1.15 bits per heavy atom. The van der Waals surface area contributed by atoms with Crippen LogP contribution in [-0.2, 0) is 4.79 Å². The maximum Gasteiger partial charge on any atom is 0.230 e. The molecule has 0 radical (unpaired) electrons. The molecule has 0 saturated heterocycles. The van der Waals surface area contributed by atoms with Crippen LogP contribution in [0, 0.1) is 0 Å². The first-order chi connectivity index (χ1) is 12.7. The van der Waals surface area contributed by atoms with Gasteiger partial charge in [0.05, 0.1) is 10.6 Å². The van der Waals surface area contributed by atoms with Crippen molar-refractivity contribution in [3.8, 4) is 0 Å². The second-order valence-electron chi connectivity index (χ2n) is 7.59. The summed E-state index contributed by atoms with van der Waals surface area (Å²) in [5, 5.41) is 6.24. The molecule has 0 atom stereocenters. The fraction of sp³-hybridized carbons (Fsp3) is 0.650. The van der Waals surface area contributed by atoms with E-state index in [1.165, 1.54) is 43.4 Å². The minimum Gasteiger partial charge on any atom is -0.353 e. The molecule has 1 amide bonds. The lowest BCUT2D eigenvalue weighted by molar-refractivity contribution is -0.119. The van der Waals surface area contributed by atoms with Crippen LogP contribution >= 0.6 is 23.1 Å². The Kier molecular flexibility index (Phi) is 5.79. The minimum atomic E-state index is -0.264. The van der Waals surface area contributed by atoms with Crippen molar-refractivity contribution in [2.45, 2.75) is 75.9 Å². The van der Waals surface area contributed by atoms with Crippen LogP contribution in [0.2, 0.25) is 0 Å². The molecule has 1 spiro atoms. The predicted molar refractivity (Wildman–Crippen MR) is 112 cm³/mol. The number of rotatable bonds is 4. The Morgan fingerprint density at radius 2 is 1.92 bits per heavy atom. The SMILES string of the molecule is O=C(CSC1=NC2(CCCCCC2)N=C1c1cccs1)NC1CCCC1. The number of nitrogens with zero attached hydrogens (tertiary/aromatic N) is 2. The molecule has 0 bridgehead atoms. The minimum absolute atomic E-state index is 0.136. The Bertz CT molecular complexity index is 682. The van der Waals surface area contributed by atoms with Gasteiger partial charge in [0.25, 0.3) is 0 Å². The van der Waals surface area contributed by atoms with Crippen molar-refractivity contribution in [2.24, 2.45) is 9.98 Å². The van der Waals surface area contributed by atoms with Crippen LogP contribution in [0.5, 0.6) is 0 Å². The number of thioether (sulfide) groups is 1. The molecule has 0 unspecified atom stereocenters. The van der Waals surface area contributed by atoms with Gasteiger partial charge in [-0.25, -0.2) is 4.99 Å². The summed E-state index contributed by atoms with van der Waals surface area (Å²) in [5.74, 6) is 0.576. The summed E-state index contributed by atoms with van der Waals surface area (Å²) in [6.07, 6.45) is 11.8. The fourth-order valence-corrected chi connectivity index (χ4v) is 5.85. The van der Waals surface area contributed by atoms with Crippen LogP contribution in [0.1, 0.15) is 69.1 Å². The summed E-state index contributed by atoms with van der Waals surface area (Å²) < 4.78 is 0. The van der Waals surface area contributed by atoms with Gasteiger partial charge >= 0.3 is 0 Å². The van der Waals surface area contributed by atoms with Gasteiger partial charge in [0.15, 0.2) is 5.66 Å². The van der Waals surface area contributed by atoms with Gasteiger partial charge in [0.1, 0.15) is 10.8 Å². The molecule has 4 rings (SSSR count). The zero-order valence-electron chi connectivity index (χ0n) is 15.2. The lowest BCUT2D eigenvalue weighted by atomic mass is 10.0. The Labute approximate surface area is 164 Å². The average Bonchev–Trinajstić information content (AvgIpc) is 3.35. The van der Waals surface area contributed by atoms with Crippen LogP contribution in [0.15, 0.2) is 27.5 Å². The Hall–Kier alpha value is -1.14. The summed E-state index contributed by atoms with van der Waals surface area (Å²) in [7, 11) is 0. The number of hydrogen-bond donors (Lipinski definition) is 1. The molecule has 2 heterocycles. The van der Waals surface area contributed by atoms with Gasteiger partial charge in [-0.2, -0.15) is 0 Å². The van der Waals surface area contributed by atoms with Gasteiger partial charge < -0.3 is 5.32 Å². The van der Waals surface area contributed by atoms with Crippen LogP contribution < -0.4 is 5.32 Å². The topological polar surface area (TPSA) is 53.8 Å². The quantitative estimate of drug-likeness (QED) is 0.805. The van der Waals surface area contributed by atoms with Crippen molar-refractivity contribution in [1.82, 2.24) is 5.32 Å². The summed E-state index contributed by atoms with van der Waals surface area (Å²) in [5.41, 5.74) is 0.751. The van der Waals surface area contributed by atoms with E-state index in [0.717, 1.165) is 36.4 Å². The maximum absolute atomic E-state index is 12.3. The number of hydrogen-bond acceptors (Lipinski definition) is 5. The second kappa shape index (κ2) is 8.26. The molecular formula is C20H27N3OS2. The third kappa shape index (κ3) is 4.22. The molecule has 2 fully saturated rings. The van der Waals surface area contributed by atoms with Crippen LogP contribution in [0.4, 0.5) is 0 Å². The van der Waals surface area contributed by atoms with Crippen molar-refractivity contribution in [3.05, 3.63) is 22.4 Å². The van der Waals surface area contributed by atoms with E-state index in [2.05, 4.69) is 22.8 Å². The number of aliphatic imine (C=N–C) groups is 2. The van der Waals surface area contributed by atoms with E-state index >= 15 is 0 Å². The van der Waals surface area contributed by atoms with E-state index in [9.17, 15) is 4.79 Å². The Balaban J connectivity index is 1.46. The molecule has 1 aromatic rings. The van der Waals surface area contributed by atoms with Crippen molar-refractivity contribution >= 4 is 39.8 Å². The molecule has 0 aromatic carbocycles. The van der Waals surface area contributed by atoms with Crippen molar-refractivity contribution in [3.63, 3.8) is 0 Å². The van der Waals surface area contributed by atoms with E-state index in [-0.39, 0.29) is 11.6 Å². The molecular weight excluding hydrogens is 362 g/mol. The first-order valence-electron chi connectivity index (χ1n) is 9.90. The standard InChI is InChI=1S/C20H27N3OS2/c24-17(21-15-8-3-4-9-15)14-26-19-18(16-10-7-13-25-16)22-20(23-19)11-5-1-2-6-12-20/h7,10,13,15H,1-6,8-9,11-12,14H2,(H,21,24). The van der Waals surface area contributed by atoms with Crippen LogP contribution in [0.25, 0.3) is 0 Å². The predicted octanol–water partition coefficient (Wildman–Crippen LogP) is 4.79. The molecule has 4 nitrogen and oxygen atoms in total. The monoisotopic (exact) mass is 389 g/mol. The van der Waals surface area contributed by atoms with Gasteiger partial charge in [0, 0.05) is 6.04 Å². The molecule has 1 aromatic heterocycles. The van der Waals surface area contributed by atoms with Gasteiger partial charge in [-0.05, 0) is 50.0 Å². The van der Waals surface area contributed by atoms with E-state index in [1.54, 1.807) is 23.1 Å². The zero-order valence-corrected chi connectivity index (χ0v) is 16.8. The van der Waals surface area contributed by atoms with E-state index in [4.69, 9.17) is 9.98 Å². The first-order valence-corrected chi connectivity index (χ1v) is 11.8. The third-order valence-electron chi connectivity index (χ3n) is 5.55. The molecule has 3 aliphatic rings. The molecule has 2 aliphatic carbocycles. The van der Waals surface area contributed by atoms with Crippen molar-refractivity contribution < 1.29 is 4.79 Å². The van der Waals surface area contributed by atoms with E-state index in [0.29, 0.717) is 11.8 Å². The lowest BCUT2D eigenvalue weighted by Gasteiger charge is -2.20. The Morgan fingerprint density at radius 3 is 2.62 bits per heavy atom. The number of nitrogens with one attached hydrogen (secondary N) is 1. The van der Waals surface area contributed by atoms with Crippen molar-refractivity contribution in [1.29, 1.82) is 0 Å². The average molecular weight is 390 g/mol. The van der Waals surface area contributed by atoms with Crippen LogP contribution in [0.3, 0.4) is 0 Å². The summed E-state index contributed by atoms with van der Waals surface area (Å²) >= 11 is 3.28. The zero-order chi connectivity index (χ0) is 17.8. The highest BCUT2D eigenvalue weighted by Gasteiger charge is 2.37. The molecule has 26 heavy (non-hydrogen) atoms. The molecule has 6 heteroatoms. The molecule has 1 aliphatic heterocycles. The smallest absolute Gasteiger partial charge is 0.230 e.